The van der Waals surface area contributed by atoms with Gasteiger partial charge in [0.25, 0.3) is 5.91 Å². The summed E-state index contributed by atoms with van der Waals surface area (Å²) in [6.07, 6.45) is 2.51. The van der Waals surface area contributed by atoms with Gasteiger partial charge in [0.2, 0.25) is 0 Å². The molecule has 2 aromatic heterocycles. The highest BCUT2D eigenvalue weighted by atomic mass is 35.5. The number of nitrogens with zero attached hydrogens (tertiary/aromatic N) is 4. The third-order valence-electron chi connectivity index (χ3n) is 5.53. The Morgan fingerprint density at radius 1 is 1.22 bits per heavy atom. The molecule has 0 radical (unpaired) electrons. The number of thiophene rings is 1. The number of halogens is 1. The molecule has 3 heterocycles. The number of anilines is 1. The van der Waals surface area contributed by atoms with Crippen molar-refractivity contribution in [1.29, 1.82) is 0 Å². The zero-order chi connectivity index (χ0) is 22.7. The summed E-state index contributed by atoms with van der Waals surface area (Å²) in [5, 5.41) is 3.47. The van der Waals surface area contributed by atoms with Crippen LogP contribution in [0.1, 0.15) is 30.6 Å². The molecule has 1 fully saturated rings. The molecular formula is C23H27ClN4O3S. The third kappa shape index (κ3) is 4.76. The Balaban J connectivity index is 1.44. The molecule has 1 saturated heterocycles. The number of rotatable bonds is 7. The van der Waals surface area contributed by atoms with Crippen molar-refractivity contribution in [2.45, 2.75) is 20.3 Å². The van der Waals surface area contributed by atoms with Crippen molar-refractivity contribution in [3.05, 3.63) is 40.5 Å². The minimum atomic E-state index is -0.0676. The first-order valence-electron chi connectivity index (χ1n) is 10.7. The number of amides is 1. The molecule has 1 aliphatic heterocycles. The van der Waals surface area contributed by atoms with Crippen LogP contribution in [0.15, 0.2) is 29.9 Å². The number of ether oxygens (including phenoxy) is 2. The minimum Gasteiger partial charge on any atom is -0.493 e. The maximum absolute atomic E-state index is 13.2. The predicted octanol–water partition coefficient (Wildman–Crippen LogP) is 4.74. The van der Waals surface area contributed by atoms with E-state index >= 15 is 0 Å². The quantitative estimate of drug-likeness (QED) is 0.492. The Morgan fingerprint density at radius 2 is 2.00 bits per heavy atom. The van der Waals surface area contributed by atoms with E-state index < -0.39 is 0 Å². The minimum absolute atomic E-state index is 0.0676. The van der Waals surface area contributed by atoms with Gasteiger partial charge < -0.3 is 19.3 Å². The summed E-state index contributed by atoms with van der Waals surface area (Å²) in [6.45, 7) is 7.42. The Morgan fingerprint density at radius 3 is 2.72 bits per heavy atom. The van der Waals surface area contributed by atoms with E-state index in [1.807, 2.05) is 16.3 Å². The normalized spacial score (nSPS) is 14.3. The molecule has 1 amide bonds. The lowest BCUT2D eigenvalue weighted by Gasteiger charge is -2.35. The fourth-order valence-electron chi connectivity index (χ4n) is 3.71. The number of hydrogen-bond acceptors (Lipinski definition) is 7. The second-order valence-electron chi connectivity index (χ2n) is 8.14. The van der Waals surface area contributed by atoms with Crippen molar-refractivity contribution < 1.29 is 14.3 Å². The van der Waals surface area contributed by atoms with Gasteiger partial charge in [-0.25, -0.2) is 9.97 Å². The number of fused-ring (bicyclic) bond motifs is 1. The second-order valence-corrected chi connectivity index (χ2v) is 9.44. The van der Waals surface area contributed by atoms with E-state index in [2.05, 4.69) is 28.7 Å². The average molecular weight is 475 g/mol. The first kappa shape index (κ1) is 22.6. The van der Waals surface area contributed by atoms with Crippen molar-refractivity contribution in [1.82, 2.24) is 14.9 Å². The van der Waals surface area contributed by atoms with Crippen molar-refractivity contribution in [2.24, 2.45) is 5.92 Å². The van der Waals surface area contributed by atoms with Crippen LogP contribution in [0.2, 0.25) is 5.02 Å². The summed E-state index contributed by atoms with van der Waals surface area (Å²) in [5.74, 6) is 2.35. The van der Waals surface area contributed by atoms with E-state index in [0.29, 0.717) is 60.8 Å². The van der Waals surface area contributed by atoms with Crippen molar-refractivity contribution in [3.8, 4) is 11.5 Å². The smallest absolute Gasteiger partial charge is 0.254 e. The lowest BCUT2D eigenvalue weighted by atomic mass is 10.1. The molecule has 1 aliphatic rings. The number of benzene rings is 1. The monoisotopic (exact) mass is 474 g/mol. The molecule has 9 heteroatoms. The number of aromatic nitrogens is 2. The summed E-state index contributed by atoms with van der Waals surface area (Å²) in [4.78, 5) is 27.0. The largest absolute Gasteiger partial charge is 0.493 e. The molecule has 1 aromatic carbocycles. The van der Waals surface area contributed by atoms with Gasteiger partial charge in [0, 0.05) is 31.7 Å². The third-order valence-corrected chi connectivity index (χ3v) is 6.63. The summed E-state index contributed by atoms with van der Waals surface area (Å²) in [7, 11) is 1.56. The molecule has 7 nitrogen and oxygen atoms in total. The maximum Gasteiger partial charge on any atom is 0.254 e. The zero-order valence-corrected chi connectivity index (χ0v) is 20.1. The van der Waals surface area contributed by atoms with Gasteiger partial charge in [0.1, 0.15) is 17.0 Å². The molecule has 0 spiro atoms. The van der Waals surface area contributed by atoms with Gasteiger partial charge in [-0.3, -0.25) is 4.79 Å². The Hall–Kier alpha value is -2.58. The van der Waals surface area contributed by atoms with E-state index in [1.165, 1.54) is 0 Å². The van der Waals surface area contributed by atoms with Crippen LogP contribution in [0, 0.1) is 5.92 Å². The highest BCUT2D eigenvalue weighted by molar-refractivity contribution is 7.16. The topological polar surface area (TPSA) is 67.8 Å². The maximum atomic E-state index is 13.2. The van der Waals surface area contributed by atoms with Gasteiger partial charge in [-0.2, -0.15) is 0 Å². The molecule has 0 aliphatic carbocycles. The first-order chi connectivity index (χ1) is 15.5. The van der Waals surface area contributed by atoms with Crippen molar-refractivity contribution >= 4 is 44.9 Å². The Bertz CT molecular complexity index is 1100. The fourth-order valence-corrected chi connectivity index (χ4v) is 4.71. The SMILES string of the molecule is COc1cc(C(=O)N2CCN(c3ncnc4sccc34)CC2)cc(Cl)c1OCCC(C)C. The van der Waals surface area contributed by atoms with Crippen LogP contribution in [0.4, 0.5) is 5.82 Å². The number of carbonyl (C=O) groups is 1. The lowest BCUT2D eigenvalue weighted by molar-refractivity contribution is 0.0746. The molecule has 32 heavy (non-hydrogen) atoms. The van der Waals surface area contributed by atoms with Gasteiger partial charge in [-0.15, -0.1) is 11.3 Å². The number of piperazine rings is 1. The number of methoxy groups -OCH3 is 1. The second kappa shape index (κ2) is 9.92. The van der Waals surface area contributed by atoms with Gasteiger partial charge in [-0.05, 0) is 35.9 Å². The molecule has 0 unspecified atom stereocenters. The van der Waals surface area contributed by atoms with Gasteiger partial charge >= 0.3 is 0 Å². The predicted molar refractivity (Wildman–Crippen MR) is 128 cm³/mol. The van der Waals surface area contributed by atoms with Crippen LogP contribution in [-0.2, 0) is 0 Å². The van der Waals surface area contributed by atoms with Crippen LogP contribution in [0.25, 0.3) is 10.2 Å². The van der Waals surface area contributed by atoms with E-state index in [4.69, 9.17) is 21.1 Å². The summed E-state index contributed by atoms with van der Waals surface area (Å²) in [6, 6.07) is 5.43. The molecular weight excluding hydrogens is 448 g/mol. The van der Waals surface area contributed by atoms with E-state index in [9.17, 15) is 4.79 Å². The Labute approximate surface area is 196 Å². The fraction of sp³-hybridized carbons (Fsp3) is 0.435. The summed E-state index contributed by atoms with van der Waals surface area (Å²) in [5.41, 5.74) is 0.499. The molecule has 4 rings (SSSR count). The van der Waals surface area contributed by atoms with E-state index in [-0.39, 0.29) is 5.91 Å². The summed E-state index contributed by atoms with van der Waals surface area (Å²) >= 11 is 8.07. The van der Waals surface area contributed by atoms with E-state index in [1.54, 1.807) is 36.9 Å². The molecule has 3 aromatic rings. The van der Waals surface area contributed by atoms with Crippen molar-refractivity contribution in [3.63, 3.8) is 0 Å². The molecule has 0 bridgehead atoms. The van der Waals surface area contributed by atoms with Crippen LogP contribution in [0.3, 0.4) is 0 Å². The van der Waals surface area contributed by atoms with Gasteiger partial charge in [-0.1, -0.05) is 25.4 Å². The summed E-state index contributed by atoms with van der Waals surface area (Å²) < 4.78 is 11.3. The average Bonchev–Trinajstić information content (AvgIpc) is 3.28. The molecule has 0 N–H and O–H groups in total. The standard InChI is InChI=1S/C23H27ClN4O3S/c1-15(2)4-10-31-20-18(24)12-16(13-19(20)30-3)23(29)28-8-6-27(7-9-28)21-17-5-11-32-22(17)26-14-25-21/h5,11-15H,4,6-10H2,1-3H3. The number of carbonyl (C=O) groups excluding carboxylic acids is 1. The first-order valence-corrected chi connectivity index (χ1v) is 12.0. The highest BCUT2D eigenvalue weighted by Gasteiger charge is 2.26. The highest BCUT2D eigenvalue weighted by Crippen LogP contribution is 2.37. The van der Waals surface area contributed by atoms with E-state index in [0.717, 1.165) is 22.5 Å². The van der Waals surface area contributed by atoms with Crippen LogP contribution in [0.5, 0.6) is 11.5 Å². The number of hydrogen-bond donors (Lipinski definition) is 0. The van der Waals surface area contributed by atoms with Crippen LogP contribution < -0.4 is 14.4 Å². The van der Waals surface area contributed by atoms with Gasteiger partial charge in [0.05, 0.1) is 24.1 Å². The van der Waals surface area contributed by atoms with Crippen LogP contribution >= 0.6 is 22.9 Å². The molecule has 0 saturated carbocycles. The Kier molecular flexibility index (Phi) is 7.01. The van der Waals surface area contributed by atoms with Gasteiger partial charge in [0.15, 0.2) is 11.5 Å². The van der Waals surface area contributed by atoms with Crippen LogP contribution in [-0.4, -0.2) is 60.7 Å². The van der Waals surface area contributed by atoms with Crippen molar-refractivity contribution in [2.75, 3.05) is 44.8 Å². The lowest BCUT2D eigenvalue weighted by Crippen LogP contribution is -2.49. The molecule has 170 valence electrons. The molecule has 0 atom stereocenters. The zero-order valence-electron chi connectivity index (χ0n) is 18.5.